The van der Waals surface area contributed by atoms with Crippen molar-refractivity contribution in [2.45, 2.75) is 45.8 Å². The molecule has 0 saturated carbocycles. The zero-order valence-electron chi connectivity index (χ0n) is 18.0. The number of hydrogen-bond acceptors (Lipinski definition) is 4. The second-order valence-corrected chi connectivity index (χ2v) is 7.96. The Morgan fingerprint density at radius 2 is 1.61 bits per heavy atom. The minimum absolute atomic E-state index is 0.184. The molecule has 0 radical (unpaired) electrons. The van der Waals surface area contributed by atoms with Crippen molar-refractivity contribution in [3.63, 3.8) is 0 Å². The third-order valence-electron chi connectivity index (χ3n) is 4.11. The van der Waals surface area contributed by atoms with Crippen LogP contribution in [0.25, 0.3) is 0 Å². The summed E-state index contributed by atoms with van der Waals surface area (Å²) in [6.45, 7) is 5.16. The van der Waals surface area contributed by atoms with E-state index < -0.39 is 11.7 Å². The van der Waals surface area contributed by atoms with Crippen molar-refractivity contribution in [2.75, 3.05) is 11.9 Å². The first kappa shape index (κ1) is 23.9. The second-order valence-electron chi connectivity index (χ2n) is 7.96. The molecule has 0 bridgehead atoms. The number of amides is 3. The van der Waals surface area contributed by atoms with Crippen molar-refractivity contribution >= 4 is 23.6 Å². The van der Waals surface area contributed by atoms with E-state index in [-0.39, 0.29) is 37.1 Å². The largest absolute Gasteiger partial charge is 0.444 e. The topological polar surface area (TPSA) is 96.5 Å². The normalized spacial score (nSPS) is 10.8. The van der Waals surface area contributed by atoms with Gasteiger partial charge in [0, 0.05) is 18.7 Å². The van der Waals surface area contributed by atoms with Crippen LogP contribution in [-0.4, -0.2) is 30.1 Å². The highest BCUT2D eigenvalue weighted by molar-refractivity contribution is 5.91. The third-order valence-corrected chi connectivity index (χ3v) is 4.11. The molecule has 0 spiro atoms. The fourth-order valence-electron chi connectivity index (χ4n) is 2.64. The maximum absolute atomic E-state index is 13.0. The van der Waals surface area contributed by atoms with Gasteiger partial charge in [-0.15, -0.1) is 0 Å². The molecular formula is C23H28FN3O4. The molecule has 3 amide bonds. The monoisotopic (exact) mass is 429 g/mol. The summed E-state index contributed by atoms with van der Waals surface area (Å²) in [5, 5.41) is 7.93. The van der Waals surface area contributed by atoms with Crippen molar-refractivity contribution in [3.05, 3.63) is 65.5 Å². The van der Waals surface area contributed by atoms with Gasteiger partial charge >= 0.3 is 6.09 Å². The van der Waals surface area contributed by atoms with Gasteiger partial charge in [-0.05, 0) is 56.5 Å². The van der Waals surface area contributed by atoms with Gasteiger partial charge in [0.1, 0.15) is 18.0 Å². The molecule has 0 aromatic heterocycles. The first-order valence-corrected chi connectivity index (χ1v) is 9.98. The van der Waals surface area contributed by atoms with Gasteiger partial charge in [0.25, 0.3) is 0 Å². The summed E-state index contributed by atoms with van der Waals surface area (Å²) in [4.78, 5) is 35.9. The number of halogens is 1. The van der Waals surface area contributed by atoms with Crippen molar-refractivity contribution in [1.82, 2.24) is 10.6 Å². The summed E-state index contributed by atoms with van der Waals surface area (Å²) in [6, 6.07) is 13.1. The molecule has 31 heavy (non-hydrogen) atoms. The van der Waals surface area contributed by atoms with E-state index in [4.69, 9.17) is 4.74 Å². The van der Waals surface area contributed by atoms with E-state index in [1.165, 1.54) is 12.1 Å². The highest BCUT2D eigenvalue weighted by Gasteiger charge is 2.16. The Labute approximate surface area is 181 Å². The van der Waals surface area contributed by atoms with E-state index >= 15 is 0 Å². The molecule has 2 rings (SSSR count). The Hall–Kier alpha value is -3.42. The number of rotatable bonds is 8. The van der Waals surface area contributed by atoms with Gasteiger partial charge in [0.2, 0.25) is 11.8 Å². The molecule has 0 atom stereocenters. The number of aryl methyl sites for hydroxylation is 1. The van der Waals surface area contributed by atoms with Gasteiger partial charge < -0.3 is 20.7 Å². The summed E-state index contributed by atoms with van der Waals surface area (Å²) in [5.41, 5.74) is 1.54. The van der Waals surface area contributed by atoms with Crippen LogP contribution in [-0.2, 0) is 27.3 Å². The van der Waals surface area contributed by atoms with Crippen molar-refractivity contribution in [2.24, 2.45) is 0 Å². The molecule has 2 aromatic rings. The molecule has 166 valence electrons. The van der Waals surface area contributed by atoms with Gasteiger partial charge in [-0.25, -0.2) is 9.18 Å². The van der Waals surface area contributed by atoms with Crippen LogP contribution in [0.4, 0.5) is 14.9 Å². The van der Waals surface area contributed by atoms with Gasteiger partial charge in [0.15, 0.2) is 0 Å². The van der Waals surface area contributed by atoms with Crippen LogP contribution in [0.15, 0.2) is 48.5 Å². The van der Waals surface area contributed by atoms with E-state index in [2.05, 4.69) is 16.0 Å². The maximum atomic E-state index is 13.0. The molecule has 0 fully saturated rings. The molecule has 0 saturated heterocycles. The quantitative estimate of drug-likeness (QED) is 0.598. The van der Waals surface area contributed by atoms with Crippen LogP contribution >= 0.6 is 0 Å². The number of benzene rings is 2. The highest BCUT2D eigenvalue weighted by Crippen LogP contribution is 2.16. The Bertz CT molecular complexity index is 908. The molecule has 0 aliphatic heterocycles. The van der Waals surface area contributed by atoms with E-state index in [1.54, 1.807) is 57.2 Å². The number of anilines is 1. The lowest BCUT2D eigenvalue weighted by Gasteiger charge is -2.19. The predicted molar refractivity (Wildman–Crippen MR) is 116 cm³/mol. The average molecular weight is 429 g/mol. The molecule has 3 N–H and O–H groups in total. The lowest BCUT2D eigenvalue weighted by Crippen LogP contribution is -2.39. The molecule has 0 aliphatic rings. The average Bonchev–Trinajstić information content (AvgIpc) is 2.70. The van der Waals surface area contributed by atoms with Crippen LogP contribution in [0.5, 0.6) is 0 Å². The van der Waals surface area contributed by atoms with E-state index in [0.29, 0.717) is 12.1 Å². The number of ether oxygens (including phenoxy) is 1. The fraction of sp³-hybridized carbons (Fsp3) is 0.348. The number of alkyl carbamates (subject to hydrolysis) is 1. The van der Waals surface area contributed by atoms with E-state index in [1.807, 2.05) is 0 Å². The van der Waals surface area contributed by atoms with Crippen molar-refractivity contribution in [3.8, 4) is 0 Å². The Morgan fingerprint density at radius 3 is 2.29 bits per heavy atom. The first-order chi connectivity index (χ1) is 14.6. The predicted octanol–water partition coefficient (Wildman–Crippen LogP) is 3.54. The zero-order chi connectivity index (χ0) is 22.9. The van der Waals surface area contributed by atoms with Crippen LogP contribution < -0.4 is 16.0 Å². The molecular weight excluding hydrogens is 401 g/mol. The lowest BCUT2D eigenvalue weighted by molar-refractivity contribution is -0.120. The maximum Gasteiger partial charge on any atom is 0.408 e. The molecule has 0 aliphatic carbocycles. The Kier molecular flexibility index (Phi) is 8.54. The van der Waals surface area contributed by atoms with Crippen molar-refractivity contribution < 1.29 is 23.5 Å². The Balaban J connectivity index is 1.81. The minimum atomic E-state index is -0.670. The van der Waals surface area contributed by atoms with E-state index in [0.717, 1.165) is 11.1 Å². The molecule has 8 heteroatoms. The summed E-state index contributed by atoms with van der Waals surface area (Å²) in [7, 11) is 0. The lowest BCUT2D eigenvalue weighted by atomic mass is 10.1. The van der Waals surface area contributed by atoms with Crippen LogP contribution in [0.1, 0.15) is 38.3 Å². The minimum Gasteiger partial charge on any atom is -0.444 e. The molecule has 2 aromatic carbocycles. The fourth-order valence-corrected chi connectivity index (χ4v) is 2.64. The van der Waals surface area contributed by atoms with Gasteiger partial charge in [0.05, 0.1) is 0 Å². The summed E-state index contributed by atoms with van der Waals surface area (Å²) < 4.78 is 18.0. The molecule has 0 unspecified atom stereocenters. The zero-order valence-corrected chi connectivity index (χ0v) is 18.0. The number of para-hydroxylation sites is 1. The van der Waals surface area contributed by atoms with Crippen LogP contribution in [0, 0.1) is 5.82 Å². The highest BCUT2D eigenvalue weighted by atomic mass is 19.1. The van der Waals surface area contributed by atoms with Gasteiger partial charge in [-0.2, -0.15) is 0 Å². The Morgan fingerprint density at radius 1 is 0.935 bits per heavy atom. The number of carbonyl (C=O) groups excluding carboxylic acids is 3. The molecule has 7 nitrogen and oxygen atoms in total. The van der Waals surface area contributed by atoms with Crippen LogP contribution in [0.2, 0.25) is 0 Å². The van der Waals surface area contributed by atoms with Gasteiger partial charge in [-0.1, -0.05) is 30.3 Å². The second kappa shape index (κ2) is 11.1. The smallest absolute Gasteiger partial charge is 0.408 e. The molecule has 0 heterocycles. The summed E-state index contributed by atoms with van der Waals surface area (Å²) in [6.07, 6.45) is 0.0597. The number of carbonyl (C=O) groups is 3. The SMILES string of the molecule is CC(C)(C)OC(=O)NCC(=O)NCc1ccccc1NC(=O)CCc1ccc(F)cc1. The van der Waals surface area contributed by atoms with Crippen molar-refractivity contribution in [1.29, 1.82) is 0 Å². The number of nitrogens with one attached hydrogen (secondary N) is 3. The number of hydrogen-bond donors (Lipinski definition) is 3. The van der Waals surface area contributed by atoms with Crippen LogP contribution in [0.3, 0.4) is 0 Å². The third kappa shape index (κ3) is 9.29. The van der Waals surface area contributed by atoms with E-state index in [9.17, 15) is 18.8 Å². The van der Waals surface area contributed by atoms with Gasteiger partial charge in [-0.3, -0.25) is 9.59 Å². The standard InChI is InChI=1S/C23H28FN3O4/c1-23(2,3)31-22(30)26-15-21(29)25-14-17-6-4-5-7-19(17)27-20(28)13-10-16-8-11-18(24)12-9-16/h4-9,11-12H,10,13-15H2,1-3H3,(H,25,29)(H,26,30)(H,27,28). The summed E-state index contributed by atoms with van der Waals surface area (Å²) in [5.74, 6) is -0.886. The first-order valence-electron chi connectivity index (χ1n) is 9.98. The summed E-state index contributed by atoms with van der Waals surface area (Å²) >= 11 is 0.